The minimum Gasteiger partial charge on any atom is -0.480 e. The van der Waals surface area contributed by atoms with Gasteiger partial charge in [0.25, 0.3) is 5.91 Å². The van der Waals surface area contributed by atoms with Crippen LogP contribution in [0.4, 0.5) is 13.2 Å². The maximum absolute atomic E-state index is 12.9. The highest BCUT2D eigenvalue weighted by Crippen LogP contribution is 2.33. The summed E-state index contributed by atoms with van der Waals surface area (Å²) in [4.78, 5) is 22.7. The largest absolute Gasteiger partial charge is 0.480 e. The first-order chi connectivity index (χ1) is 9.66. The number of carboxylic acid groups (broad SMARTS) is 1. The molecule has 2 N–H and O–H groups in total. The maximum Gasteiger partial charge on any atom is 0.417 e. The van der Waals surface area contributed by atoms with Gasteiger partial charge in [-0.3, -0.25) is 4.79 Å². The molecule has 1 amide bonds. The minimum absolute atomic E-state index is 0.143. The van der Waals surface area contributed by atoms with Gasteiger partial charge in [0.05, 0.1) is 11.1 Å². The molecule has 0 spiro atoms. The number of hydrogen-bond acceptors (Lipinski definition) is 2. The Labute approximate surface area is 126 Å². The van der Waals surface area contributed by atoms with Crippen LogP contribution in [-0.4, -0.2) is 23.0 Å². The van der Waals surface area contributed by atoms with E-state index in [1.165, 1.54) is 6.07 Å². The first-order valence-electron chi connectivity index (χ1n) is 5.50. The first-order valence-corrected chi connectivity index (χ1v) is 6.30. The van der Waals surface area contributed by atoms with Crippen molar-refractivity contribution in [3.05, 3.63) is 33.8 Å². The fourth-order valence-corrected chi connectivity index (χ4v) is 1.86. The molecule has 0 radical (unpaired) electrons. The van der Waals surface area contributed by atoms with E-state index in [1.807, 2.05) is 11.2 Å². The lowest BCUT2D eigenvalue weighted by Gasteiger charge is -2.16. The molecule has 0 aromatic heterocycles. The molecule has 1 aromatic carbocycles. The number of carbonyl (C=O) groups is 2. The van der Waals surface area contributed by atoms with Gasteiger partial charge in [-0.2, -0.15) is 13.2 Å². The summed E-state index contributed by atoms with van der Waals surface area (Å²) in [6.07, 6.45) is -0.133. The van der Waals surface area contributed by atoms with Gasteiger partial charge >= 0.3 is 12.1 Å². The van der Waals surface area contributed by atoms with Crippen LogP contribution in [0.25, 0.3) is 0 Å². The van der Waals surface area contributed by atoms with Crippen LogP contribution in [0.1, 0.15) is 22.3 Å². The molecular formula is C13H9BrF3NO3. The van der Waals surface area contributed by atoms with E-state index >= 15 is 0 Å². The Morgan fingerprint density at radius 2 is 2.05 bits per heavy atom. The smallest absolute Gasteiger partial charge is 0.417 e. The van der Waals surface area contributed by atoms with Crippen molar-refractivity contribution in [2.75, 3.05) is 0 Å². The van der Waals surface area contributed by atoms with Gasteiger partial charge in [0.15, 0.2) is 0 Å². The Morgan fingerprint density at radius 3 is 2.52 bits per heavy atom. The van der Waals surface area contributed by atoms with Gasteiger partial charge in [0.1, 0.15) is 6.04 Å². The molecule has 0 heterocycles. The van der Waals surface area contributed by atoms with Crippen molar-refractivity contribution >= 4 is 27.8 Å². The highest BCUT2D eigenvalue weighted by atomic mass is 79.9. The van der Waals surface area contributed by atoms with Crippen LogP contribution < -0.4 is 5.32 Å². The lowest BCUT2D eigenvalue weighted by Crippen LogP contribution is -2.41. The van der Waals surface area contributed by atoms with Crippen LogP contribution in [0, 0.1) is 12.3 Å². The molecule has 0 aliphatic heterocycles. The van der Waals surface area contributed by atoms with Crippen molar-refractivity contribution in [1.29, 1.82) is 0 Å². The predicted molar refractivity (Wildman–Crippen MR) is 71.5 cm³/mol. The summed E-state index contributed by atoms with van der Waals surface area (Å²) in [6.45, 7) is 0. The number of aliphatic carboxylic acids is 1. The molecule has 1 atom stereocenters. The Balaban J connectivity index is 3.14. The Kier molecular flexibility index (Phi) is 5.38. The number of halogens is 4. The summed E-state index contributed by atoms with van der Waals surface area (Å²) in [6, 6.07) is 1.50. The third-order valence-electron chi connectivity index (χ3n) is 2.46. The van der Waals surface area contributed by atoms with Crippen molar-refractivity contribution in [3.8, 4) is 12.3 Å². The Morgan fingerprint density at radius 1 is 1.43 bits per heavy atom. The van der Waals surface area contributed by atoms with Crippen molar-refractivity contribution in [1.82, 2.24) is 5.32 Å². The third-order valence-corrected chi connectivity index (χ3v) is 2.95. The summed E-state index contributed by atoms with van der Waals surface area (Å²) in [5, 5.41) is 10.8. The van der Waals surface area contributed by atoms with Crippen molar-refractivity contribution in [2.45, 2.75) is 18.6 Å². The molecule has 112 valence electrons. The molecule has 0 aliphatic rings. The molecule has 1 aromatic rings. The van der Waals surface area contributed by atoms with E-state index in [-0.39, 0.29) is 10.9 Å². The number of alkyl halides is 3. The third kappa shape index (κ3) is 4.49. The summed E-state index contributed by atoms with van der Waals surface area (Å²) < 4.78 is 38.8. The van der Waals surface area contributed by atoms with E-state index < -0.39 is 35.2 Å². The minimum atomic E-state index is -4.75. The lowest BCUT2D eigenvalue weighted by molar-refractivity contribution is -0.139. The van der Waals surface area contributed by atoms with Gasteiger partial charge in [-0.05, 0) is 18.2 Å². The Bertz CT molecular complexity index is 608. The van der Waals surface area contributed by atoms with Crippen LogP contribution in [0.2, 0.25) is 0 Å². The Hall–Kier alpha value is -2.01. The summed E-state index contributed by atoms with van der Waals surface area (Å²) >= 11 is 2.88. The average Bonchev–Trinajstić information content (AvgIpc) is 2.36. The first kappa shape index (κ1) is 17.0. The van der Waals surface area contributed by atoms with E-state index in [0.29, 0.717) is 0 Å². The van der Waals surface area contributed by atoms with Crippen molar-refractivity contribution in [3.63, 3.8) is 0 Å². The van der Waals surface area contributed by atoms with Crippen molar-refractivity contribution in [2.24, 2.45) is 0 Å². The van der Waals surface area contributed by atoms with E-state index in [4.69, 9.17) is 11.5 Å². The van der Waals surface area contributed by atoms with Crippen LogP contribution in [-0.2, 0) is 11.0 Å². The average molecular weight is 364 g/mol. The van der Waals surface area contributed by atoms with Gasteiger partial charge in [0, 0.05) is 10.9 Å². The molecule has 0 fully saturated rings. The number of amides is 1. The van der Waals surface area contributed by atoms with Gasteiger partial charge in [0.2, 0.25) is 0 Å². The summed E-state index contributed by atoms with van der Waals surface area (Å²) in [5.74, 6) is -0.545. The normalized spacial score (nSPS) is 12.3. The number of carboxylic acids is 1. The van der Waals surface area contributed by atoms with E-state index in [9.17, 15) is 22.8 Å². The van der Waals surface area contributed by atoms with Crippen LogP contribution >= 0.6 is 15.9 Å². The fourth-order valence-electron chi connectivity index (χ4n) is 1.50. The number of hydrogen-bond donors (Lipinski definition) is 2. The number of terminal acetylenes is 1. The molecule has 0 bridgehead atoms. The second-order valence-corrected chi connectivity index (χ2v) is 4.88. The molecule has 0 saturated carbocycles. The quantitative estimate of drug-likeness (QED) is 0.808. The van der Waals surface area contributed by atoms with Gasteiger partial charge in [-0.1, -0.05) is 15.9 Å². The zero-order chi connectivity index (χ0) is 16.2. The topological polar surface area (TPSA) is 66.4 Å². The second-order valence-electron chi connectivity index (χ2n) is 3.96. The maximum atomic E-state index is 12.9. The van der Waals surface area contributed by atoms with Gasteiger partial charge in [-0.15, -0.1) is 12.3 Å². The predicted octanol–water partition coefficient (Wildman–Crippen LogP) is 2.67. The van der Waals surface area contributed by atoms with Crippen LogP contribution in [0.3, 0.4) is 0 Å². The molecule has 1 rings (SSSR count). The summed E-state index contributed by atoms with van der Waals surface area (Å²) in [5.41, 5.74) is -1.84. The zero-order valence-corrected chi connectivity index (χ0v) is 12.0. The highest BCUT2D eigenvalue weighted by Gasteiger charge is 2.36. The standard InChI is InChI=1S/C13H9BrF3NO3/c1-2-3-10(12(20)21)18-11(19)8-5-4-7(14)6-9(8)13(15,16)17/h1,4-6,10H,3H2,(H,18,19)(H,20,21). The second kappa shape index (κ2) is 6.63. The van der Waals surface area contributed by atoms with E-state index in [1.54, 1.807) is 0 Å². The molecule has 4 nitrogen and oxygen atoms in total. The van der Waals surface area contributed by atoms with Crippen LogP contribution in [0.15, 0.2) is 22.7 Å². The van der Waals surface area contributed by atoms with Crippen molar-refractivity contribution < 1.29 is 27.9 Å². The molecule has 0 saturated heterocycles. The number of benzene rings is 1. The number of carbonyl (C=O) groups excluding carboxylic acids is 1. The lowest BCUT2D eigenvalue weighted by atomic mass is 10.1. The van der Waals surface area contributed by atoms with E-state index in [2.05, 4.69) is 15.9 Å². The summed E-state index contributed by atoms with van der Waals surface area (Å²) in [7, 11) is 0. The van der Waals surface area contributed by atoms with Gasteiger partial charge < -0.3 is 10.4 Å². The fraction of sp³-hybridized carbons (Fsp3) is 0.231. The molecule has 1 unspecified atom stereocenters. The monoisotopic (exact) mass is 363 g/mol. The van der Waals surface area contributed by atoms with Crippen LogP contribution in [0.5, 0.6) is 0 Å². The zero-order valence-electron chi connectivity index (χ0n) is 10.4. The van der Waals surface area contributed by atoms with Gasteiger partial charge in [-0.25, -0.2) is 4.79 Å². The molecular weight excluding hydrogens is 355 g/mol. The molecule has 0 aliphatic carbocycles. The molecule has 21 heavy (non-hydrogen) atoms. The highest BCUT2D eigenvalue weighted by molar-refractivity contribution is 9.10. The number of nitrogens with one attached hydrogen (secondary N) is 1. The number of rotatable bonds is 4. The molecule has 8 heteroatoms. The van der Waals surface area contributed by atoms with E-state index in [0.717, 1.165) is 12.1 Å². The SMILES string of the molecule is C#CCC(NC(=O)c1ccc(Br)cc1C(F)(F)F)C(=O)O.